The van der Waals surface area contributed by atoms with E-state index in [1.807, 2.05) is 0 Å². The van der Waals surface area contributed by atoms with Crippen LogP contribution in [0.4, 0.5) is 17.1 Å². The van der Waals surface area contributed by atoms with Crippen LogP contribution in [0.2, 0.25) is 0 Å². The Balaban J connectivity index is 0.983. The molecule has 0 aliphatic heterocycles. The first-order valence-electron chi connectivity index (χ1n) is 24.3. The van der Waals surface area contributed by atoms with E-state index in [4.69, 9.17) is 0 Å². The zero-order valence-electron chi connectivity index (χ0n) is 39.0. The van der Waals surface area contributed by atoms with Crippen molar-refractivity contribution in [2.24, 2.45) is 0 Å². The van der Waals surface area contributed by atoms with E-state index in [0.29, 0.717) is 5.92 Å². The SMILES string of the molecule is Cc1ccccc1-c1c(-c2cccc(N(c3ccc(-c4ccc5c(c4)-c4ccc(C6=CCCC=C6)cc4C5(C)C)cc3)c3cccc4c3C(C)(C)c3ccccc3-4)c2)cccc1C1CCC1. The summed E-state index contributed by atoms with van der Waals surface area (Å²) in [5, 5.41) is 0. The van der Waals surface area contributed by atoms with E-state index in [1.165, 1.54) is 125 Å². The fourth-order valence-electron chi connectivity index (χ4n) is 12.0. The second-order valence-corrected chi connectivity index (χ2v) is 20.3. The fraction of sp³-hybridized carbons (Fsp3) is 0.200. The molecule has 1 heteroatoms. The molecule has 66 heavy (non-hydrogen) atoms. The zero-order chi connectivity index (χ0) is 44.7. The lowest BCUT2D eigenvalue weighted by Crippen LogP contribution is -2.20. The van der Waals surface area contributed by atoms with Crippen molar-refractivity contribution in [2.75, 3.05) is 4.90 Å². The highest BCUT2D eigenvalue weighted by molar-refractivity contribution is 5.94. The number of anilines is 3. The smallest absolute Gasteiger partial charge is 0.0508 e. The van der Waals surface area contributed by atoms with Gasteiger partial charge in [0.1, 0.15) is 0 Å². The van der Waals surface area contributed by atoms with Crippen molar-refractivity contribution in [3.8, 4) is 55.6 Å². The van der Waals surface area contributed by atoms with Crippen LogP contribution in [-0.2, 0) is 10.8 Å². The lowest BCUT2D eigenvalue weighted by molar-refractivity contribution is 0.420. The van der Waals surface area contributed by atoms with Gasteiger partial charge in [-0.05, 0) is 181 Å². The van der Waals surface area contributed by atoms with E-state index in [1.54, 1.807) is 0 Å². The fourth-order valence-corrected chi connectivity index (χ4v) is 12.0. The molecule has 8 aromatic carbocycles. The number of hydrogen-bond acceptors (Lipinski definition) is 1. The monoisotopic (exact) mass is 851 g/mol. The average molecular weight is 852 g/mol. The Morgan fingerprint density at radius 2 is 1.17 bits per heavy atom. The predicted molar refractivity (Wildman–Crippen MR) is 280 cm³/mol. The summed E-state index contributed by atoms with van der Waals surface area (Å²) in [6.07, 6.45) is 13.1. The van der Waals surface area contributed by atoms with Crippen molar-refractivity contribution in [3.05, 3.63) is 227 Å². The molecular weight excluding hydrogens is 795 g/mol. The third-order valence-electron chi connectivity index (χ3n) is 15.7. The quantitative estimate of drug-likeness (QED) is 0.147. The highest BCUT2D eigenvalue weighted by atomic mass is 15.1. The Kier molecular flexibility index (Phi) is 9.58. The van der Waals surface area contributed by atoms with Gasteiger partial charge < -0.3 is 4.90 Å². The summed E-state index contributed by atoms with van der Waals surface area (Å²) < 4.78 is 0. The summed E-state index contributed by atoms with van der Waals surface area (Å²) in [5.74, 6) is 0.607. The minimum atomic E-state index is -0.188. The molecule has 0 bridgehead atoms. The van der Waals surface area contributed by atoms with Crippen molar-refractivity contribution in [1.29, 1.82) is 0 Å². The van der Waals surface area contributed by atoms with Crippen molar-refractivity contribution in [1.82, 2.24) is 0 Å². The van der Waals surface area contributed by atoms with Crippen LogP contribution in [-0.4, -0.2) is 0 Å². The third-order valence-corrected chi connectivity index (χ3v) is 15.7. The normalized spacial score (nSPS) is 16.2. The Morgan fingerprint density at radius 1 is 0.470 bits per heavy atom. The summed E-state index contributed by atoms with van der Waals surface area (Å²) in [5.41, 5.74) is 27.4. The topological polar surface area (TPSA) is 3.24 Å². The Hall–Kier alpha value is -6.96. The van der Waals surface area contributed by atoms with E-state index in [0.717, 1.165) is 24.2 Å². The minimum Gasteiger partial charge on any atom is -0.310 e. The lowest BCUT2D eigenvalue weighted by Gasteiger charge is -2.33. The summed E-state index contributed by atoms with van der Waals surface area (Å²) >= 11 is 0. The number of nitrogens with zero attached hydrogens (tertiary/aromatic N) is 1. The summed E-state index contributed by atoms with van der Waals surface area (Å²) in [6.45, 7) is 11.8. The van der Waals surface area contributed by atoms with Crippen LogP contribution in [0.5, 0.6) is 0 Å². The van der Waals surface area contributed by atoms with E-state index >= 15 is 0 Å². The molecule has 8 aromatic rings. The molecule has 0 saturated heterocycles. The first kappa shape index (κ1) is 40.5. The van der Waals surface area contributed by atoms with E-state index in [9.17, 15) is 0 Å². The van der Waals surface area contributed by atoms with Gasteiger partial charge in [-0.3, -0.25) is 0 Å². The van der Waals surface area contributed by atoms with E-state index in [2.05, 4.69) is 228 Å². The van der Waals surface area contributed by atoms with Crippen molar-refractivity contribution < 1.29 is 0 Å². The number of allylic oxidation sites excluding steroid dienone is 4. The van der Waals surface area contributed by atoms with Crippen LogP contribution in [0.1, 0.15) is 105 Å². The summed E-state index contributed by atoms with van der Waals surface area (Å²) in [4.78, 5) is 2.53. The van der Waals surface area contributed by atoms with Gasteiger partial charge in [-0.25, -0.2) is 0 Å². The lowest BCUT2D eigenvalue weighted by atomic mass is 9.75. The van der Waals surface area contributed by atoms with Crippen LogP contribution in [0.3, 0.4) is 0 Å². The molecule has 1 nitrogen and oxygen atoms in total. The van der Waals surface area contributed by atoms with Gasteiger partial charge in [-0.2, -0.15) is 0 Å². The molecule has 322 valence electrons. The number of hydrogen-bond donors (Lipinski definition) is 0. The van der Waals surface area contributed by atoms with Gasteiger partial charge in [0.2, 0.25) is 0 Å². The molecule has 0 heterocycles. The number of aryl methyl sites for hydroxylation is 1. The largest absolute Gasteiger partial charge is 0.310 e. The van der Waals surface area contributed by atoms with Crippen LogP contribution in [0.25, 0.3) is 61.2 Å². The molecule has 0 aromatic heterocycles. The third kappa shape index (κ3) is 6.42. The van der Waals surface area contributed by atoms with Crippen molar-refractivity contribution in [2.45, 2.75) is 83.5 Å². The molecule has 0 unspecified atom stereocenters. The minimum absolute atomic E-state index is 0.0698. The molecular formula is C65H57N. The zero-order valence-corrected chi connectivity index (χ0v) is 39.0. The highest BCUT2D eigenvalue weighted by Gasteiger charge is 2.39. The van der Waals surface area contributed by atoms with Crippen molar-refractivity contribution >= 4 is 22.6 Å². The van der Waals surface area contributed by atoms with Gasteiger partial charge in [-0.1, -0.05) is 180 Å². The van der Waals surface area contributed by atoms with Crippen molar-refractivity contribution in [3.63, 3.8) is 0 Å². The first-order valence-corrected chi connectivity index (χ1v) is 24.3. The predicted octanol–water partition coefficient (Wildman–Crippen LogP) is 18.1. The van der Waals surface area contributed by atoms with Gasteiger partial charge in [0.25, 0.3) is 0 Å². The molecule has 1 saturated carbocycles. The highest BCUT2D eigenvalue weighted by Crippen LogP contribution is 2.55. The van der Waals surface area contributed by atoms with E-state index in [-0.39, 0.29) is 10.8 Å². The van der Waals surface area contributed by atoms with Gasteiger partial charge in [0.15, 0.2) is 0 Å². The molecule has 0 amide bonds. The van der Waals surface area contributed by atoms with Gasteiger partial charge in [0, 0.05) is 22.2 Å². The molecule has 1 fully saturated rings. The van der Waals surface area contributed by atoms with Crippen LogP contribution in [0.15, 0.2) is 188 Å². The number of fused-ring (bicyclic) bond motifs is 6. The second kappa shape index (κ2) is 15.6. The molecule has 0 atom stereocenters. The number of benzene rings is 8. The average Bonchev–Trinajstić information content (AvgIpc) is 3.71. The Labute approximate surface area is 391 Å². The maximum absolute atomic E-state index is 2.53. The van der Waals surface area contributed by atoms with Crippen LogP contribution in [0, 0.1) is 6.92 Å². The maximum atomic E-state index is 2.53. The molecule has 4 aliphatic carbocycles. The van der Waals surface area contributed by atoms with E-state index < -0.39 is 0 Å². The summed E-state index contributed by atoms with van der Waals surface area (Å²) in [6, 6.07) is 64.9. The molecule has 12 rings (SSSR count). The van der Waals surface area contributed by atoms with Gasteiger partial charge >= 0.3 is 0 Å². The van der Waals surface area contributed by atoms with Gasteiger partial charge in [-0.15, -0.1) is 0 Å². The second-order valence-electron chi connectivity index (χ2n) is 20.3. The molecule has 0 spiro atoms. The van der Waals surface area contributed by atoms with Gasteiger partial charge in [0.05, 0.1) is 5.69 Å². The Bertz CT molecular complexity index is 3290. The molecule has 0 radical (unpaired) electrons. The summed E-state index contributed by atoms with van der Waals surface area (Å²) in [7, 11) is 0. The Morgan fingerprint density at radius 3 is 1.95 bits per heavy atom. The van der Waals surface area contributed by atoms with Crippen LogP contribution < -0.4 is 4.90 Å². The molecule has 0 N–H and O–H groups in total. The molecule has 4 aliphatic rings. The first-order chi connectivity index (χ1) is 32.2. The standard InChI is InChI=1S/C65H57N/c1-42-17-9-10-24-51(42)62-52(45-20-13-21-45)26-15-27-53(62)48-22-14-23-50(39-48)66(61-30-16-28-56-54-25-11-12-29-58(54)65(4,5)63(56)61)49-35-31-44(32-36-49)46-34-38-59-57(40-46)55-37-33-47(41-60(55)64(59,2)3)43-18-7-6-8-19-43/h7,9-12,14-19,22-41,45H,6,8,13,20-21H2,1-5H3. The number of rotatable bonds is 8. The van der Waals surface area contributed by atoms with Crippen LogP contribution >= 0.6 is 0 Å². The maximum Gasteiger partial charge on any atom is 0.0508 e.